The monoisotopic (exact) mass is 670 g/mol. The van der Waals surface area contributed by atoms with E-state index < -0.39 is 37.5 Å². The number of aryl methyl sites for hydroxylation is 2. The fourth-order valence-corrected chi connectivity index (χ4v) is 7.34. The van der Waals surface area contributed by atoms with Gasteiger partial charge < -0.3 is 25.0 Å². The van der Waals surface area contributed by atoms with Gasteiger partial charge in [0.25, 0.3) is 5.69 Å². The molecule has 2 aromatic carbocycles. The number of carbonyl (C=O) groups is 2. The molecule has 0 radical (unpaired) electrons. The number of para-hydroxylation sites is 1. The van der Waals surface area contributed by atoms with Crippen LogP contribution in [0.2, 0.25) is 0 Å². The molecule has 15 nitrogen and oxygen atoms in total. The van der Waals surface area contributed by atoms with E-state index in [2.05, 4.69) is 20.8 Å². The molecule has 254 valence electrons. The number of carbonyl (C=O) groups excluding carboxylic acids is 2. The van der Waals surface area contributed by atoms with E-state index in [4.69, 9.17) is 4.52 Å². The van der Waals surface area contributed by atoms with Crippen LogP contribution in [-0.2, 0) is 19.6 Å². The average Bonchev–Trinajstić information content (AvgIpc) is 3.48. The molecule has 2 heterocycles. The number of nitro groups is 1. The van der Waals surface area contributed by atoms with Crippen molar-refractivity contribution < 1.29 is 27.5 Å². The second-order valence-electron chi connectivity index (χ2n) is 11.8. The number of nitrogens with zero attached hydrogens (tertiary/aromatic N) is 6. The predicted octanol–water partition coefficient (Wildman–Crippen LogP) is 2.49. The Kier molecular flexibility index (Phi) is 11.7. The molecule has 1 fully saturated rings. The number of rotatable bonds is 14. The minimum Gasteiger partial charge on any atom is -0.353 e. The maximum Gasteiger partial charge on any atom is 0.289 e. The minimum absolute atomic E-state index is 0.0607. The van der Waals surface area contributed by atoms with E-state index in [0.29, 0.717) is 23.0 Å². The van der Waals surface area contributed by atoms with Crippen molar-refractivity contribution in [2.75, 3.05) is 51.2 Å². The SMILES string of the molecule is Cc1nc(-c2ccc(C)c(N(CC(=O)NCCN(C(C)C)S(=O)(=O)c3ccccc3[N+](=O)[O-])CC(=O)N(C)C3CCNCC3)c2)no1. The number of likely N-dealkylation sites (N-methyl/N-ethyl adjacent to an activating group) is 1. The summed E-state index contributed by atoms with van der Waals surface area (Å²) >= 11 is 0. The number of anilines is 1. The number of hydrogen-bond acceptors (Lipinski definition) is 11. The molecule has 4 rings (SSSR count). The summed E-state index contributed by atoms with van der Waals surface area (Å²) in [6.07, 6.45) is 1.66. The van der Waals surface area contributed by atoms with Crippen LogP contribution in [0.3, 0.4) is 0 Å². The van der Waals surface area contributed by atoms with E-state index >= 15 is 0 Å². The van der Waals surface area contributed by atoms with Gasteiger partial charge in [0.15, 0.2) is 4.90 Å². The van der Waals surface area contributed by atoms with Gasteiger partial charge in [-0.25, -0.2) is 8.42 Å². The number of nitrogens with one attached hydrogen (secondary N) is 2. The van der Waals surface area contributed by atoms with E-state index in [1.165, 1.54) is 18.2 Å². The molecule has 2 N–H and O–H groups in total. The average molecular weight is 671 g/mol. The lowest BCUT2D eigenvalue weighted by Gasteiger charge is -2.34. The van der Waals surface area contributed by atoms with Crippen LogP contribution in [0.4, 0.5) is 11.4 Å². The van der Waals surface area contributed by atoms with Crippen molar-refractivity contribution in [3.8, 4) is 11.4 Å². The van der Waals surface area contributed by atoms with Crippen LogP contribution >= 0.6 is 0 Å². The molecule has 16 heteroatoms. The molecule has 1 aliphatic rings. The van der Waals surface area contributed by atoms with Gasteiger partial charge in [-0.05, 0) is 64.4 Å². The highest BCUT2D eigenvalue weighted by Gasteiger charge is 2.33. The lowest BCUT2D eigenvalue weighted by molar-refractivity contribution is -0.387. The number of nitro benzene ring substituents is 1. The van der Waals surface area contributed by atoms with Crippen LogP contribution in [0.1, 0.15) is 38.1 Å². The zero-order valence-electron chi connectivity index (χ0n) is 27.3. The molecule has 47 heavy (non-hydrogen) atoms. The smallest absolute Gasteiger partial charge is 0.289 e. The predicted molar refractivity (Wildman–Crippen MR) is 175 cm³/mol. The third-order valence-electron chi connectivity index (χ3n) is 8.12. The molecule has 3 aromatic rings. The Balaban J connectivity index is 1.52. The maximum atomic E-state index is 13.5. The Labute approximate surface area is 274 Å². The molecule has 0 atom stereocenters. The van der Waals surface area contributed by atoms with E-state index in [1.54, 1.807) is 37.6 Å². The van der Waals surface area contributed by atoms with Crippen molar-refractivity contribution in [2.45, 2.75) is 57.5 Å². The van der Waals surface area contributed by atoms with Gasteiger partial charge in [0.05, 0.1) is 18.0 Å². The number of sulfonamides is 1. The van der Waals surface area contributed by atoms with Gasteiger partial charge in [-0.1, -0.05) is 29.4 Å². The van der Waals surface area contributed by atoms with Gasteiger partial charge >= 0.3 is 0 Å². The number of benzene rings is 2. The standard InChI is InChI=1S/C31H42N8O7S/c1-21(2)38(47(44,45)28-9-7-6-8-26(28)39(42)43)17-16-33-29(40)19-37(20-30(41)36(5)25-12-14-32-15-13-25)27-18-24(11-10-22(27)3)31-34-23(4)46-35-31/h6-11,18,21,25,32H,12-17,19-20H2,1-5H3,(H,33,40). The largest absolute Gasteiger partial charge is 0.353 e. The molecule has 0 bridgehead atoms. The third-order valence-corrected chi connectivity index (χ3v) is 10.2. The molecule has 0 unspecified atom stereocenters. The molecule has 0 spiro atoms. The summed E-state index contributed by atoms with van der Waals surface area (Å²) in [6, 6.07) is 10.2. The molecule has 0 saturated carbocycles. The van der Waals surface area contributed by atoms with Gasteiger partial charge in [0, 0.05) is 56.5 Å². The van der Waals surface area contributed by atoms with Crippen LogP contribution in [0.5, 0.6) is 0 Å². The molecule has 1 saturated heterocycles. The van der Waals surface area contributed by atoms with Crippen LogP contribution in [0.15, 0.2) is 51.9 Å². The normalized spacial score (nSPS) is 13.9. The van der Waals surface area contributed by atoms with Gasteiger partial charge in [0.1, 0.15) is 0 Å². The second-order valence-corrected chi connectivity index (χ2v) is 13.6. The summed E-state index contributed by atoms with van der Waals surface area (Å²) < 4.78 is 33.2. The lowest BCUT2D eigenvalue weighted by atomic mass is 10.1. The molecular weight excluding hydrogens is 628 g/mol. The van der Waals surface area contributed by atoms with Gasteiger partial charge in [-0.2, -0.15) is 9.29 Å². The van der Waals surface area contributed by atoms with E-state index in [9.17, 15) is 28.1 Å². The zero-order chi connectivity index (χ0) is 34.3. The first-order valence-electron chi connectivity index (χ1n) is 15.4. The minimum atomic E-state index is -4.26. The first kappa shape index (κ1) is 35.4. The van der Waals surface area contributed by atoms with Crippen molar-refractivity contribution in [3.05, 3.63) is 64.0 Å². The summed E-state index contributed by atoms with van der Waals surface area (Å²) in [5.74, 6) is 0.192. The summed E-state index contributed by atoms with van der Waals surface area (Å²) in [7, 11) is -2.48. The van der Waals surface area contributed by atoms with Crippen molar-refractivity contribution in [2.24, 2.45) is 0 Å². The summed E-state index contributed by atoms with van der Waals surface area (Å²) in [6.45, 7) is 8.05. The van der Waals surface area contributed by atoms with Crippen LogP contribution in [-0.4, -0.2) is 103 Å². The van der Waals surface area contributed by atoms with Crippen LogP contribution < -0.4 is 15.5 Å². The Morgan fingerprint density at radius 3 is 2.47 bits per heavy atom. The quantitative estimate of drug-likeness (QED) is 0.190. The number of aromatic nitrogens is 2. The highest BCUT2D eigenvalue weighted by molar-refractivity contribution is 7.89. The lowest BCUT2D eigenvalue weighted by Crippen LogP contribution is -2.49. The van der Waals surface area contributed by atoms with E-state index in [0.717, 1.165) is 41.9 Å². The topological polar surface area (TPSA) is 184 Å². The Bertz CT molecular complexity index is 1690. The maximum absolute atomic E-state index is 13.5. The third kappa shape index (κ3) is 8.69. The van der Waals surface area contributed by atoms with E-state index in [1.807, 2.05) is 25.1 Å². The molecule has 1 aromatic heterocycles. The summed E-state index contributed by atoms with van der Waals surface area (Å²) in [5.41, 5.74) is 1.58. The van der Waals surface area contributed by atoms with Crippen molar-refractivity contribution in [1.82, 2.24) is 30.0 Å². The Hall–Kier alpha value is -4.41. The number of amides is 2. The highest BCUT2D eigenvalue weighted by Crippen LogP contribution is 2.28. The fourth-order valence-electron chi connectivity index (χ4n) is 5.55. The molecular formula is C31H42N8O7S. The highest BCUT2D eigenvalue weighted by atomic mass is 32.2. The Morgan fingerprint density at radius 1 is 1.13 bits per heavy atom. The van der Waals surface area contributed by atoms with Gasteiger partial charge in [0.2, 0.25) is 33.6 Å². The van der Waals surface area contributed by atoms with Crippen LogP contribution in [0, 0.1) is 24.0 Å². The van der Waals surface area contributed by atoms with Crippen molar-refractivity contribution >= 4 is 33.2 Å². The van der Waals surface area contributed by atoms with Crippen molar-refractivity contribution in [1.29, 1.82) is 0 Å². The second kappa shape index (κ2) is 15.5. The molecule has 0 aliphatic carbocycles. The molecule has 1 aliphatic heterocycles. The van der Waals surface area contributed by atoms with Gasteiger partial charge in [-0.15, -0.1) is 0 Å². The zero-order valence-corrected chi connectivity index (χ0v) is 28.1. The Morgan fingerprint density at radius 2 is 1.83 bits per heavy atom. The van der Waals surface area contributed by atoms with E-state index in [-0.39, 0.29) is 38.1 Å². The van der Waals surface area contributed by atoms with Gasteiger partial charge in [-0.3, -0.25) is 19.7 Å². The number of hydrogen-bond donors (Lipinski definition) is 2. The van der Waals surface area contributed by atoms with Crippen LogP contribution in [0.25, 0.3) is 11.4 Å². The molecule has 2 amide bonds. The summed E-state index contributed by atoms with van der Waals surface area (Å²) in [5, 5.41) is 21.6. The fraction of sp³-hybridized carbons (Fsp3) is 0.484. The van der Waals surface area contributed by atoms with Crippen molar-refractivity contribution in [3.63, 3.8) is 0 Å². The summed E-state index contributed by atoms with van der Waals surface area (Å²) in [4.78, 5) is 45.0. The first-order chi connectivity index (χ1) is 22.3. The number of piperidine rings is 1. The first-order valence-corrected chi connectivity index (χ1v) is 16.9.